The lowest BCUT2D eigenvalue weighted by Gasteiger charge is -2.28. The number of aliphatic imine (C=N–C) groups is 2. The van der Waals surface area contributed by atoms with E-state index in [9.17, 15) is 53.4 Å². The van der Waals surface area contributed by atoms with Crippen molar-refractivity contribution in [3.8, 4) is 0 Å². The largest absolute Gasteiger partial charge is 0.481 e. The minimum atomic E-state index is -1.52. The second kappa shape index (κ2) is 26.5. The summed E-state index contributed by atoms with van der Waals surface area (Å²) < 4.78 is 0. The number of nitrogens with one attached hydrogen (secondary N) is 6. The van der Waals surface area contributed by atoms with Gasteiger partial charge in [-0.1, -0.05) is 20.3 Å². The van der Waals surface area contributed by atoms with E-state index in [0.29, 0.717) is 6.42 Å². The molecule has 0 aromatic rings. The molecule has 322 valence electrons. The van der Waals surface area contributed by atoms with Crippen molar-refractivity contribution >= 4 is 65.3 Å². The highest BCUT2D eigenvalue weighted by Gasteiger charge is 2.33. The number of hydrogen-bond acceptors (Lipinski definition) is 12. The summed E-state index contributed by atoms with van der Waals surface area (Å²) in [6.07, 6.45) is -1.15. The standard InChI is InChI=1S/C32H57N13O12/c1-4-15(2)24(45-25(51)16(3)41-28(54)18(7-5-11-38-31(34)35)43-26(52)17(33)13-23(49)50)29(55)44-19(9-10-22(47)48)27(53)40-14-21(46)42-20(30(56)57)8-6-12-39-32(36)37/h15-20,24H,4-14,33H2,1-3H3,(H,40,53)(H,41,54)(H,42,46)(H,43,52)(H,44,55)(H,45,51)(H,47,48)(H,49,50)(H,56,57)(H4,34,35,38)(H4,36,37,39). The van der Waals surface area contributed by atoms with Crippen molar-refractivity contribution in [3.05, 3.63) is 0 Å². The maximum absolute atomic E-state index is 13.5. The van der Waals surface area contributed by atoms with Crippen LogP contribution in [0, 0.1) is 5.92 Å². The number of nitrogens with zero attached hydrogens (tertiary/aromatic N) is 2. The van der Waals surface area contributed by atoms with Gasteiger partial charge in [-0.05, 0) is 44.9 Å². The fourth-order valence-corrected chi connectivity index (χ4v) is 4.79. The molecule has 0 aliphatic rings. The molecule has 0 saturated heterocycles. The van der Waals surface area contributed by atoms with Gasteiger partial charge in [0.15, 0.2) is 11.9 Å². The molecule has 7 atom stereocenters. The highest BCUT2D eigenvalue weighted by molar-refractivity contribution is 5.97. The summed E-state index contributed by atoms with van der Waals surface area (Å²) in [7, 11) is 0. The zero-order valence-electron chi connectivity index (χ0n) is 32.1. The molecule has 0 spiro atoms. The lowest BCUT2D eigenvalue weighted by atomic mass is 9.97. The topological polar surface area (TPSA) is 441 Å². The summed E-state index contributed by atoms with van der Waals surface area (Å²) in [4.78, 5) is 120. The minimum Gasteiger partial charge on any atom is -0.481 e. The van der Waals surface area contributed by atoms with Gasteiger partial charge >= 0.3 is 17.9 Å². The Labute approximate surface area is 328 Å². The van der Waals surface area contributed by atoms with Gasteiger partial charge in [0, 0.05) is 19.5 Å². The summed E-state index contributed by atoms with van der Waals surface area (Å²) in [5, 5.41) is 41.8. The predicted molar refractivity (Wildman–Crippen MR) is 202 cm³/mol. The summed E-state index contributed by atoms with van der Waals surface area (Å²) in [6, 6.07) is -8.32. The van der Waals surface area contributed by atoms with Crippen molar-refractivity contribution in [1.29, 1.82) is 0 Å². The van der Waals surface area contributed by atoms with E-state index in [2.05, 4.69) is 41.9 Å². The van der Waals surface area contributed by atoms with Crippen LogP contribution in [0.15, 0.2) is 9.98 Å². The average molecular weight is 816 g/mol. The van der Waals surface area contributed by atoms with Crippen LogP contribution in [0.1, 0.15) is 72.1 Å². The molecule has 0 aromatic heterocycles. The number of rotatable bonds is 28. The molecule has 0 heterocycles. The number of carbonyl (C=O) groups is 9. The normalized spacial score (nSPS) is 14.3. The summed E-state index contributed by atoms with van der Waals surface area (Å²) in [6.45, 7) is 4.01. The summed E-state index contributed by atoms with van der Waals surface area (Å²) >= 11 is 0. The molecule has 19 N–H and O–H groups in total. The fourth-order valence-electron chi connectivity index (χ4n) is 4.79. The molecule has 57 heavy (non-hydrogen) atoms. The van der Waals surface area contributed by atoms with Crippen molar-refractivity contribution in [3.63, 3.8) is 0 Å². The Bertz CT molecular complexity index is 1480. The van der Waals surface area contributed by atoms with Crippen molar-refractivity contribution in [2.75, 3.05) is 19.6 Å². The molecular formula is C32H57N13O12. The van der Waals surface area contributed by atoms with Gasteiger partial charge in [-0.3, -0.25) is 48.3 Å². The third kappa shape index (κ3) is 22.0. The quantitative estimate of drug-likeness (QED) is 0.0199. The number of guanidine groups is 2. The van der Waals surface area contributed by atoms with Gasteiger partial charge in [-0.2, -0.15) is 0 Å². The number of carbonyl (C=O) groups excluding carboxylic acids is 6. The number of carboxylic acids is 3. The van der Waals surface area contributed by atoms with Crippen LogP contribution in [-0.4, -0.2) is 136 Å². The Morgan fingerprint density at radius 3 is 1.63 bits per heavy atom. The molecule has 0 rings (SSSR count). The van der Waals surface area contributed by atoms with E-state index in [1.165, 1.54) is 6.92 Å². The SMILES string of the molecule is CCC(C)C(NC(=O)C(C)NC(=O)C(CCCN=C(N)N)NC(=O)C(N)CC(=O)O)C(=O)NC(CCC(=O)O)C(=O)NCC(=O)NC(CCCN=C(N)N)C(=O)O. The van der Waals surface area contributed by atoms with Crippen LogP contribution < -0.4 is 60.6 Å². The average Bonchev–Trinajstić information content (AvgIpc) is 3.12. The second-order valence-electron chi connectivity index (χ2n) is 12.9. The van der Waals surface area contributed by atoms with Crippen LogP contribution in [-0.2, 0) is 43.2 Å². The van der Waals surface area contributed by atoms with E-state index in [0.717, 1.165) is 0 Å². The van der Waals surface area contributed by atoms with E-state index >= 15 is 0 Å². The first-order valence-corrected chi connectivity index (χ1v) is 17.9. The first-order valence-electron chi connectivity index (χ1n) is 17.9. The minimum absolute atomic E-state index is 0.0464. The molecule has 0 aliphatic heterocycles. The predicted octanol–water partition coefficient (Wildman–Crippen LogP) is -5.55. The first kappa shape index (κ1) is 50.7. The molecule has 0 bridgehead atoms. The molecule has 0 fully saturated rings. The van der Waals surface area contributed by atoms with Gasteiger partial charge in [0.05, 0.1) is 19.0 Å². The molecule has 7 unspecified atom stereocenters. The van der Waals surface area contributed by atoms with Crippen molar-refractivity contribution < 1.29 is 58.5 Å². The van der Waals surface area contributed by atoms with Gasteiger partial charge in [0.1, 0.15) is 30.2 Å². The molecule has 0 saturated carbocycles. The zero-order chi connectivity index (χ0) is 43.8. The van der Waals surface area contributed by atoms with E-state index in [-0.39, 0.29) is 50.7 Å². The highest BCUT2D eigenvalue weighted by Crippen LogP contribution is 2.11. The van der Waals surface area contributed by atoms with E-state index in [1.807, 2.05) is 0 Å². The number of carboxylic acid groups (broad SMARTS) is 3. The van der Waals surface area contributed by atoms with Crippen molar-refractivity contribution in [2.24, 2.45) is 44.6 Å². The van der Waals surface area contributed by atoms with Crippen LogP contribution >= 0.6 is 0 Å². The Hall–Kier alpha value is -6.27. The van der Waals surface area contributed by atoms with Gasteiger partial charge in [-0.25, -0.2) is 4.79 Å². The lowest BCUT2D eigenvalue weighted by molar-refractivity contribution is -0.142. The molecule has 0 aliphatic carbocycles. The Kier molecular flexibility index (Phi) is 23.6. The maximum atomic E-state index is 13.5. The van der Waals surface area contributed by atoms with E-state index in [1.54, 1.807) is 13.8 Å². The van der Waals surface area contributed by atoms with E-state index < -0.39 is 121 Å². The van der Waals surface area contributed by atoms with Gasteiger partial charge in [0.25, 0.3) is 0 Å². The third-order valence-electron chi connectivity index (χ3n) is 8.14. The first-order chi connectivity index (χ1) is 26.6. The van der Waals surface area contributed by atoms with Crippen molar-refractivity contribution in [2.45, 2.75) is 108 Å². The van der Waals surface area contributed by atoms with Crippen LogP contribution in [0.3, 0.4) is 0 Å². The number of nitrogens with two attached hydrogens (primary N) is 5. The van der Waals surface area contributed by atoms with Crippen LogP contribution in [0.2, 0.25) is 0 Å². The molecule has 0 aromatic carbocycles. The molecule has 0 radical (unpaired) electrons. The lowest BCUT2D eigenvalue weighted by Crippen LogP contribution is -2.59. The summed E-state index contributed by atoms with van der Waals surface area (Å²) in [5.74, 6) is -10.5. The van der Waals surface area contributed by atoms with Crippen LogP contribution in [0.5, 0.6) is 0 Å². The summed E-state index contributed by atoms with van der Waals surface area (Å²) in [5.41, 5.74) is 26.7. The zero-order valence-corrected chi connectivity index (χ0v) is 32.1. The maximum Gasteiger partial charge on any atom is 0.326 e. The van der Waals surface area contributed by atoms with Gasteiger partial charge in [0.2, 0.25) is 35.4 Å². The van der Waals surface area contributed by atoms with Crippen LogP contribution in [0.25, 0.3) is 0 Å². The van der Waals surface area contributed by atoms with Gasteiger partial charge in [-0.15, -0.1) is 0 Å². The Balaban J connectivity index is 5.83. The number of hydrogen-bond donors (Lipinski definition) is 14. The fraction of sp³-hybridized carbons (Fsp3) is 0.656. The van der Waals surface area contributed by atoms with Crippen molar-refractivity contribution in [1.82, 2.24) is 31.9 Å². The highest BCUT2D eigenvalue weighted by atomic mass is 16.4. The van der Waals surface area contributed by atoms with Crippen LogP contribution in [0.4, 0.5) is 0 Å². The second-order valence-corrected chi connectivity index (χ2v) is 12.9. The third-order valence-corrected chi connectivity index (χ3v) is 8.14. The molecule has 6 amide bonds. The monoisotopic (exact) mass is 815 g/mol. The number of aliphatic carboxylic acids is 3. The van der Waals surface area contributed by atoms with Gasteiger partial charge < -0.3 is 75.9 Å². The number of amides is 6. The molecule has 25 nitrogen and oxygen atoms in total. The Morgan fingerprint density at radius 2 is 1.14 bits per heavy atom. The molecule has 25 heteroatoms. The smallest absolute Gasteiger partial charge is 0.326 e. The van der Waals surface area contributed by atoms with E-state index in [4.69, 9.17) is 33.8 Å². The Morgan fingerprint density at radius 1 is 0.614 bits per heavy atom. The molecular weight excluding hydrogens is 758 g/mol.